The first-order chi connectivity index (χ1) is 11.4. The van der Waals surface area contributed by atoms with Crippen molar-refractivity contribution in [2.45, 2.75) is 4.90 Å². The molecular weight excluding hydrogens is 394 g/mol. The average molecular weight is 412 g/mol. The van der Waals surface area contributed by atoms with Crippen molar-refractivity contribution in [2.24, 2.45) is 0 Å². The second-order valence-corrected chi connectivity index (χ2v) is 7.59. The zero-order valence-electron chi connectivity index (χ0n) is 13.4. The maximum atomic E-state index is 13.1. The van der Waals surface area contributed by atoms with Crippen LogP contribution in [0.3, 0.4) is 0 Å². The van der Waals surface area contributed by atoms with E-state index < -0.39 is 10.0 Å². The van der Waals surface area contributed by atoms with Gasteiger partial charge in [0.05, 0.1) is 31.3 Å². The minimum absolute atomic E-state index is 0.0991. The van der Waals surface area contributed by atoms with Crippen LogP contribution in [-0.2, 0) is 10.0 Å². The molecule has 0 radical (unpaired) electrons. The van der Waals surface area contributed by atoms with Gasteiger partial charge in [-0.2, -0.15) is 0 Å². The Hall–Kier alpha value is -1.99. The number of methoxy groups -OCH3 is 2. The molecule has 0 atom stereocenters. The molecule has 0 N–H and O–H groups in total. The lowest BCUT2D eigenvalue weighted by Gasteiger charge is -2.25. The molecule has 0 saturated heterocycles. The first kappa shape index (κ1) is 18.4. The number of ether oxygens (including phenoxy) is 2. The lowest BCUT2D eigenvalue weighted by atomic mass is 10.2. The van der Waals surface area contributed by atoms with Gasteiger partial charge in [-0.15, -0.1) is 6.58 Å². The van der Waals surface area contributed by atoms with Crippen molar-refractivity contribution in [2.75, 3.05) is 25.1 Å². The molecular formula is C17H18BrNO4S. The van der Waals surface area contributed by atoms with E-state index in [2.05, 4.69) is 22.5 Å². The molecule has 24 heavy (non-hydrogen) atoms. The zero-order chi connectivity index (χ0) is 17.7. The summed E-state index contributed by atoms with van der Waals surface area (Å²) in [6.07, 6.45) is 1.52. The Morgan fingerprint density at radius 2 is 1.79 bits per heavy atom. The molecule has 0 aliphatic carbocycles. The number of hydrogen-bond donors (Lipinski definition) is 0. The topological polar surface area (TPSA) is 55.8 Å². The van der Waals surface area contributed by atoms with Crippen molar-refractivity contribution >= 4 is 31.6 Å². The highest BCUT2D eigenvalue weighted by molar-refractivity contribution is 9.10. The molecule has 0 bridgehead atoms. The monoisotopic (exact) mass is 411 g/mol. The van der Waals surface area contributed by atoms with Crippen LogP contribution < -0.4 is 13.8 Å². The van der Waals surface area contributed by atoms with E-state index >= 15 is 0 Å². The maximum Gasteiger partial charge on any atom is 0.264 e. The van der Waals surface area contributed by atoms with E-state index in [1.807, 2.05) is 0 Å². The third-order valence-electron chi connectivity index (χ3n) is 3.35. The molecule has 0 spiro atoms. The van der Waals surface area contributed by atoms with E-state index in [9.17, 15) is 8.42 Å². The minimum Gasteiger partial charge on any atom is -0.497 e. The van der Waals surface area contributed by atoms with Crippen LogP contribution in [0.15, 0.2) is 64.5 Å². The van der Waals surface area contributed by atoms with Crippen molar-refractivity contribution in [1.82, 2.24) is 0 Å². The highest BCUT2D eigenvalue weighted by atomic mass is 79.9. The van der Waals surface area contributed by atoms with Gasteiger partial charge in [0, 0.05) is 10.5 Å². The Bertz CT molecular complexity index is 819. The zero-order valence-corrected chi connectivity index (χ0v) is 15.8. The van der Waals surface area contributed by atoms with Crippen molar-refractivity contribution in [3.8, 4) is 11.5 Å². The largest absolute Gasteiger partial charge is 0.497 e. The highest BCUT2D eigenvalue weighted by Gasteiger charge is 2.27. The number of rotatable bonds is 7. The van der Waals surface area contributed by atoms with E-state index in [-0.39, 0.29) is 11.4 Å². The second kappa shape index (κ2) is 7.72. The summed E-state index contributed by atoms with van der Waals surface area (Å²) in [6.45, 7) is 3.76. The van der Waals surface area contributed by atoms with Crippen molar-refractivity contribution in [3.05, 3.63) is 59.6 Å². The van der Waals surface area contributed by atoms with E-state index in [0.717, 1.165) is 4.47 Å². The molecule has 0 fully saturated rings. The van der Waals surface area contributed by atoms with Gasteiger partial charge in [0.15, 0.2) is 0 Å². The van der Waals surface area contributed by atoms with E-state index in [4.69, 9.17) is 9.47 Å². The van der Waals surface area contributed by atoms with Gasteiger partial charge >= 0.3 is 0 Å². The number of nitrogens with zero attached hydrogens (tertiary/aromatic N) is 1. The molecule has 0 saturated carbocycles. The van der Waals surface area contributed by atoms with Gasteiger partial charge in [0.1, 0.15) is 11.5 Å². The Labute approximate surface area is 150 Å². The lowest BCUT2D eigenvalue weighted by molar-refractivity contribution is 0.404. The third-order valence-corrected chi connectivity index (χ3v) is 5.67. The second-order valence-electron chi connectivity index (χ2n) is 4.82. The summed E-state index contributed by atoms with van der Waals surface area (Å²) in [5.41, 5.74) is 0.389. The predicted molar refractivity (Wildman–Crippen MR) is 98.4 cm³/mol. The Morgan fingerprint density at radius 3 is 2.33 bits per heavy atom. The summed E-state index contributed by atoms with van der Waals surface area (Å²) in [6, 6.07) is 11.5. The molecule has 2 aromatic carbocycles. The molecule has 0 unspecified atom stereocenters. The van der Waals surface area contributed by atoms with Crippen LogP contribution in [0, 0.1) is 0 Å². The average Bonchev–Trinajstić information content (AvgIpc) is 2.59. The van der Waals surface area contributed by atoms with Gasteiger partial charge in [-0.1, -0.05) is 22.0 Å². The van der Waals surface area contributed by atoms with E-state index in [1.165, 1.54) is 24.6 Å². The first-order valence-corrected chi connectivity index (χ1v) is 9.28. The van der Waals surface area contributed by atoms with Crippen molar-refractivity contribution in [3.63, 3.8) is 0 Å². The fraction of sp³-hybridized carbons (Fsp3) is 0.176. The van der Waals surface area contributed by atoms with Crippen LogP contribution in [0.4, 0.5) is 5.69 Å². The highest BCUT2D eigenvalue weighted by Crippen LogP contribution is 2.35. The Balaban J connectivity index is 2.61. The molecule has 0 aliphatic heterocycles. The normalized spacial score (nSPS) is 11.0. The summed E-state index contributed by atoms with van der Waals surface area (Å²) in [5, 5.41) is 0. The fourth-order valence-electron chi connectivity index (χ4n) is 2.17. The van der Waals surface area contributed by atoms with Gasteiger partial charge in [-0.3, -0.25) is 4.31 Å². The van der Waals surface area contributed by atoms with Crippen molar-refractivity contribution in [1.29, 1.82) is 0 Å². The fourth-order valence-corrected chi connectivity index (χ4v) is 3.87. The maximum absolute atomic E-state index is 13.1. The number of sulfonamides is 1. The van der Waals surface area contributed by atoms with Gasteiger partial charge in [-0.25, -0.2) is 8.42 Å². The predicted octanol–water partition coefficient (Wildman–Crippen LogP) is 3.85. The molecule has 7 heteroatoms. The first-order valence-electron chi connectivity index (χ1n) is 7.05. The molecule has 128 valence electrons. The lowest BCUT2D eigenvalue weighted by Crippen LogP contribution is -2.31. The SMILES string of the molecule is C=CCN(c1cc(OC)ccc1OC)S(=O)(=O)c1ccc(Br)cc1. The smallest absolute Gasteiger partial charge is 0.264 e. The van der Waals surface area contributed by atoms with Crippen LogP contribution >= 0.6 is 15.9 Å². The molecule has 0 aliphatic rings. The van der Waals surface area contributed by atoms with E-state index in [0.29, 0.717) is 17.2 Å². The molecule has 2 aromatic rings. The molecule has 2 rings (SSSR count). The van der Waals surface area contributed by atoms with Crippen LogP contribution in [0.1, 0.15) is 0 Å². The number of benzene rings is 2. The summed E-state index contributed by atoms with van der Waals surface area (Å²) in [5.74, 6) is 0.962. The molecule has 5 nitrogen and oxygen atoms in total. The standard InChI is InChI=1S/C17H18BrNO4S/c1-4-11-19(16-12-14(22-2)7-10-17(16)23-3)24(20,21)15-8-5-13(18)6-9-15/h4-10,12H,1,11H2,2-3H3. The number of halogens is 1. The summed E-state index contributed by atoms with van der Waals surface area (Å²) in [7, 11) is -0.775. The third kappa shape index (κ3) is 3.73. The quantitative estimate of drug-likeness (QED) is 0.649. The summed E-state index contributed by atoms with van der Waals surface area (Å²) in [4.78, 5) is 0.178. The van der Waals surface area contributed by atoms with Crippen LogP contribution in [0.2, 0.25) is 0 Å². The van der Waals surface area contributed by atoms with E-state index in [1.54, 1.807) is 42.5 Å². The summed E-state index contributed by atoms with van der Waals surface area (Å²) < 4.78 is 38.7. The Morgan fingerprint density at radius 1 is 1.12 bits per heavy atom. The van der Waals surface area contributed by atoms with Gasteiger partial charge in [0.2, 0.25) is 0 Å². The van der Waals surface area contributed by atoms with Crippen LogP contribution in [-0.4, -0.2) is 29.2 Å². The van der Waals surface area contributed by atoms with Crippen molar-refractivity contribution < 1.29 is 17.9 Å². The Kier molecular flexibility index (Phi) is 5.90. The molecule has 0 amide bonds. The molecule has 0 aromatic heterocycles. The minimum atomic E-state index is -3.78. The van der Waals surface area contributed by atoms with Crippen LogP contribution in [0.25, 0.3) is 0 Å². The van der Waals surface area contributed by atoms with Gasteiger partial charge in [-0.05, 0) is 36.4 Å². The number of hydrogen-bond acceptors (Lipinski definition) is 4. The van der Waals surface area contributed by atoms with Gasteiger partial charge < -0.3 is 9.47 Å². The summed E-state index contributed by atoms with van der Waals surface area (Å²) >= 11 is 3.31. The van der Waals surface area contributed by atoms with Gasteiger partial charge in [0.25, 0.3) is 10.0 Å². The molecule has 0 heterocycles. The number of anilines is 1. The van der Waals surface area contributed by atoms with Crippen LogP contribution in [0.5, 0.6) is 11.5 Å².